The van der Waals surface area contributed by atoms with Crippen molar-refractivity contribution in [1.29, 1.82) is 0 Å². The van der Waals surface area contributed by atoms with Crippen LogP contribution in [0.15, 0.2) is 0 Å². The Balaban J connectivity index is 2.55. The SMILES string of the molecule is CCCCCCCCCCCCCCCCCCCCCCc1c(O)c(CCCCCCCCCCCCCCCCCCCCCC)c(C(C)(C)C)c(CCC(=O)O)c1C(C)(C)C. The summed E-state index contributed by atoms with van der Waals surface area (Å²) in [5.41, 5.74) is 5.53. The highest BCUT2D eigenvalue weighted by Gasteiger charge is 2.33. The topological polar surface area (TPSA) is 57.5 Å². The van der Waals surface area contributed by atoms with Crippen molar-refractivity contribution in [2.24, 2.45) is 0 Å². The fraction of sp³-hybridized carbons (Fsp3) is 0.885. The van der Waals surface area contributed by atoms with Gasteiger partial charge < -0.3 is 10.2 Å². The van der Waals surface area contributed by atoms with Gasteiger partial charge in [-0.1, -0.05) is 299 Å². The third-order valence-electron chi connectivity index (χ3n) is 14.4. The van der Waals surface area contributed by atoms with Gasteiger partial charge in [-0.15, -0.1) is 0 Å². The van der Waals surface area contributed by atoms with Crippen molar-refractivity contribution < 1.29 is 15.0 Å². The Hall–Kier alpha value is -1.51. The summed E-state index contributed by atoms with van der Waals surface area (Å²) in [7, 11) is 0. The molecule has 0 amide bonds. The molecule has 3 nitrogen and oxygen atoms in total. The van der Waals surface area contributed by atoms with E-state index in [-0.39, 0.29) is 17.3 Å². The molecule has 1 aromatic carbocycles. The average Bonchev–Trinajstić information content (AvgIpc) is 3.24. The molecule has 0 bridgehead atoms. The van der Waals surface area contributed by atoms with E-state index in [9.17, 15) is 15.0 Å². The second-order valence-electron chi connectivity index (χ2n) is 22.9. The molecule has 0 aliphatic rings. The number of rotatable bonds is 45. The van der Waals surface area contributed by atoms with Gasteiger partial charge in [-0.2, -0.15) is 0 Å². The zero-order valence-electron chi connectivity index (χ0n) is 44.9. The van der Waals surface area contributed by atoms with E-state index < -0.39 is 5.97 Å². The van der Waals surface area contributed by atoms with Crippen molar-refractivity contribution in [1.82, 2.24) is 0 Å². The van der Waals surface area contributed by atoms with Crippen molar-refractivity contribution in [3.8, 4) is 5.75 Å². The summed E-state index contributed by atoms with van der Waals surface area (Å²) in [4.78, 5) is 12.0. The van der Waals surface area contributed by atoms with E-state index >= 15 is 0 Å². The lowest BCUT2D eigenvalue weighted by Gasteiger charge is -2.36. The summed E-state index contributed by atoms with van der Waals surface area (Å²) < 4.78 is 0. The van der Waals surface area contributed by atoms with Crippen LogP contribution in [0.1, 0.15) is 346 Å². The highest BCUT2D eigenvalue weighted by atomic mass is 16.4. The maximum atomic E-state index is 12.3. The van der Waals surface area contributed by atoms with E-state index in [0.29, 0.717) is 12.2 Å². The Kier molecular flexibility index (Phi) is 37.3. The Morgan fingerprint density at radius 2 is 0.531 bits per heavy atom. The highest BCUT2D eigenvalue weighted by molar-refractivity contribution is 5.68. The van der Waals surface area contributed by atoms with Crippen LogP contribution in [0, 0.1) is 0 Å². The van der Waals surface area contributed by atoms with Gasteiger partial charge in [0.25, 0.3) is 0 Å². The largest absolute Gasteiger partial charge is 0.507 e. The first-order valence-electron chi connectivity index (χ1n) is 29.0. The van der Waals surface area contributed by atoms with Crippen molar-refractivity contribution in [2.75, 3.05) is 0 Å². The van der Waals surface area contributed by atoms with Gasteiger partial charge in [0.1, 0.15) is 5.75 Å². The van der Waals surface area contributed by atoms with Gasteiger partial charge in [0.15, 0.2) is 0 Å². The lowest BCUT2D eigenvalue weighted by Crippen LogP contribution is -2.26. The molecule has 0 unspecified atom stereocenters. The lowest BCUT2D eigenvalue weighted by molar-refractivity contribution is -0.136. The first-order valence-corrected chi connectivity index (χ1v) is 29.0. The van der Waals surface area contributed by atoms with Gasteiger partial charge in [0.05, 0.1) is 0 Å². The van der Waals surface area contributed by atoms with Gasteiger partial charge in [-0.3, -0.25) is 4.79 Å². The number of phenolic OH excluding ortho intramolecular Hbond substituents is 1. The number of aromatic hydroxyl groups is 1. The molecule has 0 heterocycles. The number of unbranched alkanes of at least 4 members (excludes halogenated alkanes) is 38. The number of benzene rings is 1. The maximum absolute atomic E-state index is 12.3. The quantitative estimate of drug-likeness (QED) is 0.0642. The number of carboxylic acids is 1. The molecule has 2 N–H and O–H groups in total. The first-order chi connectivity index (χ1) is 30.9. The molecule has 0 aliphatic heterocycles. The van der Waals surface area contributed by atoms with E-state index in [1.807, 2.05) is 0 Å². The zero-order valence-corrected chi connectivity index (χ0v) is 44.9. The normalized spacial score (nSPS) is 12.2. The predicted molar refractivity (Wildman–Crippen MR) is 285 cm³/mol. The molecule has 0 radical (unpaired) electrons. The van der Waals surface area contributed by atoms with Gasteiger partial charge in [-0.05, 0) is 70.8 Å². The summed E-state index contributed by atoms with van der Waals surface area (Å²) in [6.07, 6.45) is 57.5. The highest BCUT2D eigenvalue weighted by Crippen LogP contribution is 2.46. The Labute approximate surface area is 401 Å². The monoisotopic (exact) mass is 895 g/mol. The summed E-state index contributed by atoms with van der Waals surface area (Å²) in [5, 5.41) is 22.2. The Morgan fingerprint density at radius 3 is 0.719 bits per heavy atom. The molecule has 1 aromatic rings. The number of aliphatic carboxylic acids is 1. The predicted octanol–water partition coefficient (Wildman–Crippen LogP) is 20.7. The molecule has 3 heteroatoms. The molecule has 0 atom stereocenters. The second kappa shape index (κ2) is 39.5. The van der Waals surface area contributed by atoms with Crippen LogP contribution in [0.4, 0.5) is 0 Å². The smallest absolute Gasteiger partial charge is 0.303 e. The maximum Gasteiger partial charge on any atom is 0.303 e. The molecular weight excluding hydrogens is 781 g/mol. The number of hydrogen-bond donors (Lipinski definition) is 2. The number of phenols is 1. The minimum atomic E-state index is -0.737. The third kappa shape index (κ3) is 30.7. The van der Waals surface area contributed by atoms with E-state index in [4.69, 9.17) is 0 Å². The van der Waals surface area contributed by atoms with Crippen LogP contribution >= 0.6 is 0 Å². The molecule has 0 aromatic heterocycles. The lowest BCUT2D eigenvalue weighted by atomic mass is 9.69. The number of carbonyl (C=O) groups is 1. The van der Waals surface area contributed by atoms with Crippen molar-refractivity contribution in [3.63, 3.8) is 0 Å². The van der Waals surface area contributed by atoms with E-state index in [0.717, 1.165) is 36.8 Å². The van der Waals surface area contributed by atoms with Crippen LogP contribution in [0.25, 0.3) is 0 Å². The van der Waals surface area contributed by atoms with Gasteiger partial charge in [0, 0.05) is 6.42 Å². The van der Waals surface area contributed by atoms with Gasteiger partial charge in [0.2, 0.25) is 0 Å². The van der Waals surface area contributed by atoms with E-state index in [1.54, 1.807) is 0 Å². The van der Waals surface area contributed by atoms with Crippen LogP contribution in [0.3, 0.4) is 0 Å². The minimum absolute atomic E-state index is 0.133. The van der Waals surface area contributed by atoms with Gasteiger partial charge >= 0.3 is 5.97 Å². The van der Waals surface area contributed by atoms with E-state index in [1.165, 1.54) is 261 Å². The van der Waals surface area contributed by atoms with Crippen LogP contribution in [0.5, 0.6) is 5.75 Å². The minimum Gasteiger partial charge on any atom is -0.507 e. The molecule has 0 fully saturated rings. The fourth-order valence-corrected chi connectivity index (χ4v) is 10.8. The molecule has 64 heavy (non-hydrogen) atoms. The molecular formula is C61H114O3. The molecule has 1 rings (SSSR count). The summed E-state index contributed by atoms with van der Waals surface area (Å²) in [6.45, 7) is 18.2. The molecule has 0 saturated carbocycles. The Bertz CT molecular complexity index is 1150. The van der Waals surface area contributed by atoms with Crippen LogP contribution < -0.4 is 0 Å². The third-order valence-corrected chi connectivity index (χ3v) is 14.4. The standard InChI is InChI=1S/C61H114O3/c1-9-11-13-15-17-19-21-23-25-27-29-31-33-35-37-39-41-43-45-47-49-54-57(60(3,4)5)53(51-52-56(62)63)58(61(6,7)8)55(59(54)64)50-48-46-44-42-40-38-36-34-32-30-28-26-24-22-20-18-16-14-12-10-2/h64H,9-52H2,1-8H3,(H,62,63). The van der Waals surface area contributed by atoms with E-state index in [2.05, 4.69) is 55.4 Å². The summed E-state index contributed by atoms with van der Waals surface area (Å²) in [6, 6.07) is 0. The van der Waals surface area contributed by atoms with Crippen LogP contribution in [0.2, 0.25) is 0 Å². The second-order valence-corrected chi connectivity index (χ2v) is 22.9. The number of carboxylic acid groups (broad SMARTS) is 1. The van der Waals surface area contributed by atoms with Crippen LogP contribution in [-0.2, 0) is 34.9 Å². The average molecular weight is 896 g/mol. The molecule has 0 saturated heterocycles. The zero-order chi connectivity index (χ0) is 47.2. The molecule has 0 aliphatic carbocycles. The first kappa shape index (κ1) is 60.5. The number of hydrogen-bond acceptors (Lipinski definition) is 2. The Morgan fingerprint density at radius 1 is 0.328 bits per heavy atom. The fourth-order valence-electron chi connectivity index (χ4n) is 10.8. The molecule has 376 valence electrons. The summed E-state index contributed by atoms with van der Waals surface area (Å²) in [5.74, 6) is -0.205. The van der Waals surface area contributed by atoms with Gasteiger partial charge in [-0.25, -0.2) is 0 Å². The van der Waals surface area contributed by atoms with Crippen molar-refractivity contribution >= 4 is 5.97 Å². The van der Waals surface area contributed by atoms with Crippen molar-refractivity contribution in [3.05, 3.63) is 27.8 Å². The molecule has 0 spiro atoms. The van der Waals surface area contributed by atoms with Crippen LogP contribution in [-0.4, -0.2) is 16.2 Å². The van der Waals surface area contributed by atoms with Crippen molar-refractivity contribution in [2.45, 2.75) is 349 Å². The summed E-state index contributed by atoms with van der Waals surface area (Å²) >= 11 is 0.